The first-order valence-corrected chi connectivity index (χ1v) is 11.8. The fraction of sp³-hybridized carbons (Fsp3) is 0.350. The fourth-order valence-electron chi connectivity index (χ4n) is 3.23. The quantitative estimate of drug-likeness (QED) is 0.625. The monoisotopic (exact) mass is 473 g/mol. The van der Waals surface area contributed by atoms with Crippen LogP contribution in [-0.2, 0) is 10.0 Å². The van der Waals surface area contributed by atoms with Gasteiger partial charge in [-0.25, -0.2) is 12.8 Å². The van der Waals surface area contributed by atoms with E-state index in [0.29, 0.717) is 36.8 Å². The molecule has 2 aromatic carbocycles. The maximum absolute atomic E-state index is 13.1. The van der Waals surface area contributed by atoms with Crippen molar-refractivity contribution >= 4 is 44.8 Å². The predicted octanol–water partition coefficient (Wildman–Crippen LogP) is 3.40. The molecule has 0 aliphatic carbocycles. The molecule has 162 valence electrons. The second-order valence-corrected chi connectivity index (χ2v) is 9.84. The zero-order chi connectivity index (χ0) is 21.7. The van der Waals surface area contributed by atoms with Gasteiger partial charge in [-0.3, -0.25) is 4.79 Å². The first kappa shape index (κ1) is 22.8. The average molecular weight is 474 g/mol. The molecule has 0 saturated carbocycles. The molecule has 1 amide bonds. The summed E-state index contributed by atoms with van der Waals surface area (Å²) in [6.45, 7) is 2.03. The molecule has 3 rings (SSSR count). The number of rotatable bonds is 7. The van der Waals surface area contributed by atoms with Crippen LogP contribution < -0.4 is 10.2 Å². The van der Waals surface area contributed by atoms with Crippen LogP contribution in [0.2, 0.25) is 10.0 Å². The number of benzene rings is 2. The zero-order valence-electron chi connectivity index (χ0n) is 16.2. The van der Waals surface area contributed by atoms with Gasteiger partial charge in [0.1, 0.15) is 5.82 Å². The summed E-state index contributed by atoms with van der Waals surface area (Å²) >= 11 is 11.8. The second kappa shape index (κ2) is 9.96. The third-order valence-corrected chi connectivity index (χ3v) is 7.37. The SMILES string of the molecule is O=C(NCCCS(=O)(=O)N1CCN(c2ccc(F)cc2)CC1)c1ccc(Cl)cc1Cl. The maximum atomic E-state index is 13.1. The summed E-state index contributed by atoms with van der Waals surface area (Å²) in [7, 11) is -3.42. The number of hydrogen-bond donors (Lipinski definition) is 1. The van der Waals surface area contributed by atoms with E-state index in [9.17, 15) is 17.6 Å². The number of carbonyl (C=O) groups excluding carboxylic acids is 1. The summed E-state index contributed by atoms with van der Waals surface area (Å²) in [5.74, 6) is -0.731. The summed E-state index contributed by atoms with van der Waals surface area (Å²) in [5.41, 5.74) is 1.16. The van der Waals surface area contributed by atoms with E-state index in [4.69, 9.17) is 23.2 Å². The highest BCUT2D eigenvalue weighted by Gasteiger charge is 2.26. The van der Waals surface area contributed by atoms with E-state index in [1.165, 1.54) is 28.6 Å². The lowest BCUT2D eigenvalue weighted by atomic mass is 10.2. The lowest BCUT2D eigenvalue weighted by molar-refractivity contribution is 0.0954. The van der Waals surface area contributed by atoms with Gasteiger partial charge in [-0.2, -0.15) is 4.31 Å². The summed E-state index contributed by atoms with van der Waals surface area (Å²) in [6.07, 6.45) is 0.289. The molecule has 0 bridgehead atoms. The molecular weight excluding hydrogens is 452 g/mol. The molecule has 1 N–H and O–H groups in total. The Morgan fingerprint density at radius 1 is 1.03 bits per heavy atom. The Morgan fingerprint density at radius 3 is 2.33 bits per heavy atom. The van der Waals surface area contributed by atoms with Crippen molar-refractivity contribution in [3.05, 3.63) is 63.9 Å². The number of anilines is 1. The van der Waals surface area contributed by atoms with Crippen LogP contribution in [0, 0.1) is 5.82 Å². The molecule has 30 heavy (non-hydrogen) atoms. The topological polar surface area (TPSA) is 69.7 Å². The Balaban J connectivity index is 1.44. The van der Waals surface area contributed by atoms with Crippen molar-refractivity contribution in [2.24, 2.45) is 0 Å². The maximum Gasteiger partial charge on any atom is 0.252 e. The van der Waals surface area contributed by atoms with Crippen molar-refractivity contribution in [1.29, 1.82) is 0 Å². The molecule has 1 heterocycles. The van der Waals surface area contributed by atoms with E-state index < -0.39 is 10.0 Å². The second-order valence-electron chi connectivity index (χ2n) is 6.91. The van der Waals surface area contributed by atoms with Gasteiger partial charge >= 0.3 is 0 Å². The molecule has 0 radical (unpaired) electrons. The lowest BCUT2D eigenvalue weighted by Gasteiger charge is -2.35. The van der Waals surface area contributed by atoms with Crippen molar-refractivity contribution in [3.63, 3.8) is 0 Å². The Labute approximate surface area is 185 Å². The van der Waals surface area contributed by atoms with E-state index in [-0.39, 0.29) is 35.5 Å². The van der Waals surface area contributed by atoms with Gasteiger partial charge in [0.25, 0.3) is 5.91 Å². The summed E-state index contributed by atoms with van der Waals surface area (Å²) in [6, 6.07) is 10.7. The molecule has 10 heteroatoms. The molecule has 1 saturated heterocycles. The van der Waals surface area contributed by atoms with Gasteiger partial charge in [0.15, 0.2) is 0 Å². The van der Waals surface area contributed by atoms with Gasteiger partial charge < -0.3 is 10.2 Å². The van der Waals surface area contributed by atoms with Crippen LogP contribution in [0.15, 0.2) is 42.5 Å². The third kappa shape index (κ3) is 5.85. The number of halogens is 3. The van der Waals surface area contributed by atoms with E-state index in [1.54, 1.807) is 18.2 Å². The van der Waals surface area contributed by atoms with E-state index in [0.717, 1.165) is 5.69 Å². The van der Waals surface area contributed by atoms with Crippen LogP contribution in [0.1, 0.15) is 16.8 Å². The number of sulfonamides is 1. The van der Waals surface area contributed by atoms with Crippen LogP contribution in [0.25, 0.3) is 0 Å². The van der Waals surface area contributed by atoms with Crippen LogP contribution in [0.3, 0.4) is 0 Å². The Kier molecular flexibility index (Phi) is 7.57. The van der Waals surface area contributed by atoms with Crippen LogP contribution in [0.5, 0.6) is 0 Å². The highest BCUT2D eigenvalue weighted by molar-refractivity contribution is 7.89. The van der Waals surface area contributed by atoms with Gasteiger partial charge in [0.2, 0.25) is 10.0 Å². The molecular formula is C20H22Cl2FN3O3S. The minimum atomic E-state index is -3.42. The van der Waals surface area contributed by atoms with Crippen molar-refractivity contribution in [2.45, 2.75) is 6.42 Å². The molecule has 2 aromatic rings. The van der Waals surface area contributed by atoms with Crippen molar-refractivity contribution in [2.75, 3.05) is 43.4 Å². The number of amides is 1. The molecule has 1 fully saturated rings. The minimum Gasteiger partial charge on any atom is -0.369 e. The zero-order valence-corrected chi connectivity index (χ0v) is 18.5. The van der Waals surface area contributed by atoms with Gasteiger partial charge in [-0.15, -0.1) is 0 Å². The first-order chi connectivity index (χ1) is 14.3. The summed E-state index contributed by atoms with van der Waals surface area (Å²) in [4.78, 5) is 14.2. The molecule has 1 aliphatic rings. The Hall–Kier alpha value is -1.87. The number of piperazine rings is 1. The van der Waals surface area contributed by atoms with Gasteiger partial charge in [-0.05, 0) is 48.9 Å². The van der Waals surface area contributed by atoms with Gasteiger partial charge in [-0.1, -0.05) is 23.2 Å². The first-order valence-electron chi connectivity index (χ1n) is 9.48. The predicted molar refractivity (Wildman–Crippen MR) is 117 cm³/mol. The number of carbonyl (C=O) groups is 1. The summed E-state index contributed by atoms with van der Waals surface area (Å²) < 4.78 is 39.7. The van der Waals surface area contributed by atoms with E-state index >= 15 is 0 Å². The standard InChI is InChI=1S/C20H22Cl2FN3O3S/c21-15-2-7-18(19(22)14-15)20(27)24-8-1-13-30(28,29)26-11-9-25(10-12-26)17-5-3-16(23)4-6-17/h2-7,14H,1,8-13H2,(H,24,27). The average Bonchev–Trinajstić information content (AvgIpc) is 2.72. The van der Waals surface area contributed by atoms with Crippen LogP contribution in [-0.4, -0.2) is 57.1 Å². The highest BCUT2D eigenvalue weighted by Crippen LogP contribution is 2.21. The lowest BCUT2D eigenvalue weighted by Crippen LogP contribution is -2.49. The molecule has 1 aliphatic heterocycles. The van der Waals surface area contributed by atoms with Gasteiger partial charge in [0.05, 0.1) is 16.3 Å². The smallest absolute Gasteiger partial charge is 0.252 e. The Bertz CT molecular complexity index is 995. The third-order valence-electron chi connectivity index (χ3n) is 4.86. The molecule has 0 aromatic heterocycles. The van der Waals surface area contributed by atoms with Gasteiger partial charge in [0, 0.05) is 43.4 Å². The molecule has 0 atom stereocenters. The summed E-state index contributed by atoms with van der Waals surface area (Å²) in [5, 5.41) is 3.35. The van der Waals surface area contributed by atoms with Crippen molar-refractivity contribution in [1.82, 2.24) is 9.62 Å². The molecule has 6 nitrogen and oxygen atoms in total. The van der Waals surface area contributed by atoms with Crippen molar-refractivity contribution < 1.29 is 17.6 Å². The fourth-order valence-corrected chi connectivity index (χ4v) is 5.21. The minimum absolute atomic E-state index is 0.0574. The number of hydrogen-bond acceptors (Lipinski definition) is 4. The largest absolute Gasteiger partial charge is 0.369 e. The van der Waals surface area contributed by atoms with Crippen LogP contribution in [0.4, 0.5) is 10.1 Å². The molecule has 0 unspecified atom stereocenters. The molecule has 0 spiro atoms. The highest BCUT2D eigenvalue weighted by atomic mass is 35.5. The normalized spacial score (nSPS) is 15.2. The number of nitrogens with one attached hydrogen (secondary N) is 1. The van der Waals surface area contributed by atoms with Crippen molar-refractivity contribution in [3.8, 4) is 0 Å². The van der Waals surface area contributed by atoms with E-state index in [2.05, 4.69) is 5.32 Å². The Morgan fingerprint density at radius 2 is 1.70 bits per heavy atom. The number of nitrogens with zero attached hydrogens (tertiary/aromatic N) is 2. The van der Waals surface area contributed by atoms with E-state index in [1.807, 2.05) is 4.90 Å². The van der Waals surface area contributed by atoms with Crippen LogP contribution >= 0.6 is 23.2 Å².